The molecule has 1 heterocycles. The fourth-order valence-corrected chi connectivity index (χ4v) is 5.38. The van der Waals surface area contributed by atoms with Crippen molar-refractivity contribution in [1.82, 2.24) is 0 Å². The summed E-state index contributed by atoms with van der Waals surface area (Å²) in [5, 5.41) is 20.5. The molecule has 0 radical (unpaired) electrons. The van der Waals surface area contributed by atoms with Crippen LogP contribution < -0.4 is 4.90 Å². The Morgan fingerprint density at radius 2 is 1.23 bits per heavy atom. The predicted octanol–water partition coefficient (Wildman–Crippen LogP) is 6.03. The number of anilines is 1. The zero-order valence-corrected chi connectivity index (χ0v) is 21.2. The summed E-state index contributed by atoms with van der Waals surface area (Å²) in [7, 11) is 1.84. The van der Waals surface area contributed by atoms with Crippen LogP contribution in [0, 0.1) is 42.5 Å². The Bertz CT molecular complexity index is 1310. The fourth-order valence-electron chi connectivity index (χ4n) is 5.38. The first kappa shape index (κ1) is 26.5. The van der Waals surface area contributed by atoms with E-state index in [2.05, 4.69) is 0 Å². The second-order valence-corrected chi connectivity index (χ2v) is 10.7. The third kappa shape index (κ3) is 3.12. The highest BCUT2D eigenvalue weighted by molar-refractivity contribution is 6.17. The van der Waals surface area contributed by atoms with Gasteiger partial charge in [-0.15, -0.1) is 0 Å². The van der Waals surface area contributed by atoms with Crippen molar-refractivity contribution >= 4 is 17.4 Å². The van der Waals surface area contributed by atoms with Crippen LogP contribution in [0.25, 0.3) is 0 Å². The Labute approximate surface area is 201 Å². The normalized spacial score (nSPS) is 17.8. The first-order chi connectivity index (χ1) is 15.8. The number of aromatic hydroxyl groups is 1. The topological polar surface area (TPSA) is 77.8 Å². The summed E-state index contributed by atoms with van der Waals surface area (Å²) in [6.07, 6.45) is 0. The molecule has 5 nitrogen and oxygen atoms in total. The number of benzene rings is 2. The molecule has 0 atom stereocenters. The number of phenolic OH excluding ortho intramolecular Hbond substituents is 1. The number of hydrogen-bond donors (Lipinski definition) is 2. The van der Waals surface area contributed by atoms with E-state index in [0.717, 1.165) is 0 Å². The predicted molar refractivity (Wildman–Crippen MR) is 124 cm³/mol. The molecule has 0 unspecified atom stereocenters. The molecule has 1 aliphatic heterocycles. The van der Waals surface area contributed by atoms with Crippen molar-refractivity contribution in [3.05, 3.63) is 56.6 Å². The molecular formula is C26H29F4NO4. The summed E-state index contributed by atoms with van der Waals surface area (Å²) in [6, 6.07) is 0. The molecule has 35 heavy (non-hydrogen) atoms. The van der Waals surface area contributed by atoms with Gasteiger partial charge >= 0.3 is 5.97 Å². The van der Waals surface area contributed by atoms with Gasteiger partial charge in [0, 0.05) is 23.8 Å². The van der Waals surface area contributed by atoms with E-state index in [4.69, 9.17) is 0 Å². The summed E-state index contributed by atoms with van der Waals surface area (Å²) in [5.74, 6) is -13.2. The average molecular weight is 496 g/mol. The largest absolute Gasteiger partial charge is 0.507 e. The van der Waals surface area contributed by atoms with Crippen molar-refractivity contribution in [2.24, 2.45) is 5.41 Å². The Balaban J connectivity index is 2.50. The molecule has 0 bridgehead atoms. The van der Waals surface area contributed by atoms with Crippen LogP contribution in [0.3, 0.4) is 0 Å². The fraction of sp³-hybridized carbons (Fsp3) is 0.462. The molecule has 190 valence electrons. The van der Waals surface area contributed by atoms with Crippen molar-refractivity contribution < 1.29 is 37.4 Å². The zero-order valence-electron chi connectivity index (χ0n) is 21.2. The average Bonchev–Trinajstić information content (AvgIpc) is 2.74. The molecule has 9 heteroatoms. The molecule has 0 saturated carbocycles. The maximum absolute atomic E-state index is 14.8. The van der Waals surface area contributed by atoms with E-state index in [1.807, 2.05) is 53.5 Å². The first-order valence-corrected chi connectivity index (χ1v) is 11.0. The number of aromatic carboxylic acids is 1. The van der Waals surface area contributed by atoms with Crippen LogP contribution in [-0.4, -0.2) is 34.6 Å². The molecule has 0 amide bonds. The highest BCUT2D eigenvalue weighted by Gasteiger charge is 2.57. The van der Waals surface area contributed by atoms with E-state index in [-0.39, 0.29) is 11.1 Å². The molecule has 0 fully saturated rings. The lowest BCUT2D eigenvalue weighted by Gasteiger charge is -2.62. The van der Waals surface area contributed by atoms with Gasteiger partial charge in [-0.1, -0.05) is 27.7 Å². The summed E-state index contributed by atoms with van der Waals surface area (Å²) >= 11 is 0. The monoisotopic (exact) mass is 495 g/mol. The molecule has 0 aromatic heterocycles. The van der Waals surface area contributed by atoms with Crippen molar-refractivity contribution in [2.45, 2.75) is 66.3 Å². The Morgan fingerprint density at radius 3 is 1.69 bits per heavy atom. The second-order valence-electron chi connectivity index (χ2n) is 10.7. The van der Waals surface area contributed by atoms with Gasteiger partial charge in [0.1, 0.15) is 11.3 Å². The smallest absolute Gasteiger partial charge is 0.339 e. The number of carboxylic acids is 1. The van der Waals surface area contributed by atoms with Crippen LogP contribution in [-0.2, 0) is 5.41 Å². The molecule has 1 aliphatic rings. The van der Waals surface area contributed by atoms with E-state index < -0.39 is 73.8 Å². The minimum absolute atomic E-state index is 0.203. The SMILES string of the molecule is Cc1c(O)c(C(=O)c2c(F)c(F)c(F)c(F)c2C(=O)O)c(C)c2c1N(C)C(C)(C)C(C)(C)C2(C)C. The van der Waals surface area contributed by atoms with Gasteiger partial charge in [0.25, 0.3) is 0 Å². The molecule has 0 saturated heterocycles. The van der Waals surface area contributed by atoms with Crippen LogP contribution >= 0.6 is 0 Å². The summed E-state index contributed by atoms with van der Waals surface area (Å²) in [4.78, 5) is 27.2. The summed E-state index contributed by atoms with van der Waals surface area (Å²) in [5.41, 5.74) is -3.38. The third-order valence-corrected chi connectivity index (χ3v) is 8.76. The van der Waals surface area contributed by atoms with Crippen molar-refractivity contribution in [2.75, 3.05) is 11.9 Å². The number of rotatable bonds is 3. The second kappa shape index (κ2) is 7.70. The lowest BCUT2D eigenvalue weighted by Crippen LogP contribution is -2.63. The van der Waals surface area contributed by atoms with Crippen LogP contribution in [0.15, 0.2) is 0 Å². The molecule has 2 aromatic rings. The lowest BCUT2D eigenvalue weighted by atomic mass is 9.52. The van der Waals surface area contributed by atoms with Gasteiger partial charge < -0.3 is 15.1 Å². The van der Waals surface area contributed by atoms with Gasteiger partial charge in [-0.25, -0.2) is 22.4 Å². The van der Waals surface area contributed by atoms with E-state index >= 15 is 0 Å². The Morgan fingerprint density at radius 1 is 0.771 bits per heavy atom. The minimum Gasteiger partial charge on any atom is -0.507 e. The Hall–Kier alpha value is -3.10. The number of carboxylic acid groups (broad SMARTS) is 1. The Kier molecular flexibility index (Phi) is 5.83. The quantitative estimate of drug-likeness (QED) is 0.235. The summed E-state index contributed by atoms with van der Waals surface area (Å²) < 4.78 is 57.0. The molecule has 0 spiro atoms. The van der Waals surface area contributed by atoms with Crippen molar-refractivity contribution in [3.8, 4) is 5.75 Å². The molecular weight excluding hydrogens is 466 g/mol. The first-order valence-electron chi connectivity index (χ1n) is 11.0. The summed E-state index contributed by atoms with van der Waals surface area (Å²) in [6.45, 7) is 15.1. The zero-order chi connectivity index (χ0) is 27.2. The van der Waals surface area contributed by atoms with Crippen LogP contribution in [0.2, 0.25) is 0 Å². The van der Waals surface area contributed by atoms with E-state index in [0.29, 0.717) is 11.3 Å². The van der Waals surface area contributed by atoms with Gasteiger partial charge in [0.2, 0.25) is 5.78 Å². The number of halogens is 4. The van der Waals surface area contributed by atoms with Gasteiger partial charge in [-0.3, -0.25) is 4.79 Å². The van der Waals surface area contributed by atoms with Crippen molar-refractivity contribution in [3.63, 3.8) is 0 Å². The van der Waals surface area contributed by atoms with Gasteiger partial charge in [0.05, 0.1) is 11.1 Å². The third-order valence-electron chi connectivity index (χ3n) is 8.76. The number of fused-ring (bicyclic) bond motifs is 1. The number of carbonyl (C=O) groups is 2. The standard InChI is InChI=1S/C26H29F4NO4/c1-10-12(22(33)13-14(23(34)35)17(28)19(30)18(29)16(13)27)21(32)11(2)20-15(10)24(3,4)25(5,6)26(7,8)31(20)9/h32H,1-9H3,(H,34,35). The van der Waals surface area contributed by atoms with Crippen LogP contribution in [0.4, 0.5) is 23.2 Å². The van der Waals surface area contributed by atoms with E-state index in [9.17, 15) is 37.4 Å². The van der Waals surface area contributed by atoms with Crippen molar-refractivity contribution in [1.29, 1.82) is 0 Å². The maximum atomic E-state index is 14.8. The van der Waals surface area contributed by atoms with Gasteiger partial charge in [0.15, 0.2) is 23.3 Å². The number of carbonyl (C=O) groups excluding carboxylic acids is 1. The maximum Gasteiger partial charge on any atom is 0.339 e. The highest BCUT2D eigenvalue weighted by atomic mass is 19.2. The van der Waals surface area contributed by atoms with Gasteiger partial charge in [-0.05, 0) is 49.7 Å². The number of phenols is 1. The minimum atomic E-state index is -2.34. The van der Waals surface area contributed by atoms with Crippen LogP contribution in [0.1, 0.15) is 84.5 Å². The number of ketones is 1. The van der Waals surface area contributed by atoms with E-state index in [1.54, 1.807) is 6.92 Å². The van der Waals surface area contributed by atoms with E-state index in [1.165, 1.54) is 6.92 Å². The van der Waals surface area contributed by atoms with Gasteiger partial charge in [-0.2, -0.15) is 0 Å². The molecule has 0 aliphatic carbocycles. The highest BCUT2D eigenvalue weighted by Crippen LogP contribution is 2.60. The number of nitrogens with zero attached hydrogens (tertiary/aromatic N) is 1. The lowest BCUT2D eigenvalue weighted by molar-refractivity contribution is 0.0684. The molecule has 2 aromatic carbocycles. The molecule has 3 rings (SSSR count). The van der Waals surface area contributed by atoms with Crippen LogP contribution in [0.5, 0.6) is 5.75 Å². The number of hydrogen-bond acceptors (Lipinski definition) is 4. The molecule has 2 N–H and O–H groups in total.